The number of hydrogen-bond donors (Lipinski definition) is 1. The number of hydrogen-bond acceptors (Lipinski definition) is 2. The first-order valence-electron chi connectivity index (χ1n) is 7.41. The van der Waals surface area contributed by atoms with Gasteiger partial charge in [0.05, 0.1) is 5.92 Å². The lowest BCUT2D eigenvalue weighted by Crippen LogP contribution is -2.39. The molecule has 2 amide bonds. The van der Waals surface area contributed by atoms with Gasteiger partial charge < -0.3 is 10.2 Å². The van der Waals surface area contributed by atoms with E-state index in [0.717, 1.165) is 12.8 Å². The number of carbonyl (C=O) groups excluding carboxylic acids is 2. The fourth-order valence-electron chi connectivity index (χ4n) is 2.57. The maximum Gasteiger partial charge on any atom is 0.227 e. The topological polar surface area (TPSA) is 49.4 Å². The minimum atomic E-state index is -0.339. The summed E-state index contributed by atoms with van der Waals surface area (Å²) in [5.74, 6) is -0.829. The summed E-state index contributed by atoms with van der Waals surface area (Å²) in [4.78, 5) is 25.8. The second-order valence-electron chi connectivity index (χ2n) is 5.40. The fourth-order valence-corrected chi connectivity index (χ4v) is 2.57. The maximum absolute atomic E-state index is 12.9. The largest absolute Gasteiger partial charge is 0.353 e. The van der Waals surface area contributed by atoms with Crippen molar-refractivity contribution in [2.75, 3.05) is 11.4 Å². The molecule has 4 nitrogen and oxygen atoms in total. The number of anilines is 1. The molecule has 114 valence electrons. The van der Waals surface area contributed by atoms with Gasteiger partial charge in [0.2, 0.25) is 11.8 Å². The number of halogens is 1. The molecule has 1 aliphatic rings. The van der Waals surface area contributed by atoms with Gasteiger partial charge in [0.15, 0.2) is 0 Å². The van der Waals surface area contributed by atoms with E-state index in [1.165, 1.54) is 12.1 Å². The highest BCUT2D eigenvalue weighted by molar-refractivity contribution is 6.00. The van der Waals surface area contributed by atoms with Crippen LogP contribution in [0.25, 0.3) is 0 Å². The Hall–Kier alpha value is -1.91. The Balaban J connectivity index is 2.02. The van der Waals surface area contributed by atoms with Crippen LogP contribution in [0.4, 0.5) is 10.1 Å². The van der Waals surface area contributed by atoms with Crippen molar-refractivity contribution < 1.29 is 14.0 Å². The smallest absolute Gasteiger partial charge is 0.227 e. The third kappa shape index (κ3) is 3.60. The van der Waals surface area contributed by atoms with Crippen LogP contribution >= 0.6 is 0 Å². The first-order chi connectivity index (χ1) is 10.0. The molecule has 1 aliphatic heterocycles. The quantitative estimate of drug-likeness (QED) is 0.906. The molecular formula is C16H21FN2O2. The van der Waals surface area contributed by atoms with Gasteiger partial charge in [-0.2, -0.15) is 0 Å². The number of benzene rings is 1. The predicted octanol–water partition coefficient (Wildman–Crippen LogP) is 2.48. The van der Waals surface area contributed by atoms with Crippen LogP contribution < -0.4 is 10.2 Å². The van der Waals surface area contributed by atoms with Crippen LogP contribution in [0.15, 0.2) is 24.3 Å². The zero-order valence-corrected chi connectivity index (χ0v) is 12.4. The normalized spacial score (nSPS) is 18.4. The first-order valence-corrected chi connectivity index (χ1v) is 7.41. The number of carbonyl (C=O) groups is 2. The van der Waals surface area contributed by atoms with Crippen molar-refractivity contribution >= 4 is 17.5 Å². The van der Waals surface area contributed by atoms with Gasteiger partial charge in [0.25, 0.3) is 0 Å². The van der Waals surface area contributed by atoms with E-state index in [1.54, 1.807) is 17.0 Å². The zero-order chi connectivity index (χ0) is 15.4. The fraction of sp³-hybridized carbons (Fsp3) is 0.500. The molecule has 1 fully saturated rings. The molecule has 5 heteroatoms. The molecule has 1 aromatic carbocycles. The summed E-state index contributed by atoms with van der Waals surface area (Å²) in [7, 11) is 0. The Bertz CT molecular complexity index is 512. The lowest BCUT2D eigenvalue weighted by Gasteiger charge is -2.19. The Morgan fingerprint density at radius 2 is 1.95 bits per heavy atom. The molecule has 1 atom stereocenters. The summed E-state index contributed by atoms with van der Waals surface area (Å²) in [6, 6.07) is 5.93. The van der Waals surface area contributed by atoms with E-state index in [-0.39, 0.29) is 36.0 Å². The minimum Gasteiger partial charge on any atom is -0.353 e. The Labute approximate surface area is 124 Å². The number of nitrogens with zero attached hydrogens (tertiary/aromatic N) is 1. The number of rotatable bonds is 5. The Morgan fingerprint density at radius 1 is 1.33 bits per heavy atom. The van der Waals surface area contributed by atoms with Crippen LogP contribution in [-0.2, 0) is 9.59 Å². The molecule has 2 rings (SSSR count). The summed E-state index contributed by atoms with van der Waals surface area (Å²) in [5.41, 5.74) is 0.638. The highest BCUT2D eigenvalue weighted by Gasteiger charge is 2.35. The van der Waals surface area contributed by atoms with Gasteiger partial charge in [-0.25, -0.2) is 4.39 Å². The molecule has 0 radical (unpaired) electrons. The van der Waals surface area contributed by atoms with Crippen LogP contribution in [0.2, 0.25) is 0 Å². The van der Waals surface area contributed by atoms with Crippen LogP contribution in [0.1, 0.15) is 33.1 Å². The van der Waals surface area contributed by atoms with Gasteiger partial charge in [-0.3, -0.25) is 9.59 Å². The summed E-state index contributed by atoms with van der Waals surface area (Å²) in [5, 5.41) is 2.98. The molecule has 0 unspecified atom stereocenters. The number of nitrogens with one attached hydrogen (secondary N) is 1. The van der Waals surface area contributed by atoms with Gasteiger partial charge >= 0.3 is 0 Å². The Morgan fingerprint density at radius 3 is 2.52 bits per heavy atom. The van der Waals surface area contributed by atoms with Crippen molar-refractivity contribution in [2.45, 2.75) is 39.2 Å². The van der Waals surface area contributed by atoms with Crippen molar-refractivity contribution in [3.8, 4) is 0 Å². The summed E-state index contributed by atoms with van der Waals surface area (Å²) >= 11 is 0. The predicted molar refractivity (Wildman–Crippen MR) is 79.4 cm³/mol. The average molecular weight is 292 g/mol. The molecule has 1 aromatic rings. The second-order valence-corrected chi connectivity index (χ2v) is 5.40. The van der Waals surface area contributed by atoms with Gasteiger partial charge in [-0.1, -0.05) is 13.8 Å². The van der Waals surface area contributed by atoms with Crippen LogP contribution in [0, 0.1) is 11.7 Å². The van der Waals surface area contributed by atoms with Crippen molar-refractivity contribution in [3.05, 3.63) is 30.1 Å². The summed E-state index contributed by atoms with van der Waals surface area (Å²) in [6.45, 7) is 4.41. The molecule has 0 aromatic heterocycles. The third-order valence-electron chi connectivity index (χ3n) is 3.97. The monoisotopic (exact) mass is 292 g/mol. The highest BCUT2D eigenvalue weighted by Crippen LogP contribution is 2.25. The van der Waals surface area contributed by atoms with Crippen LogP contribution in [0.5, 0.6) is 0 Å². The Kier molecular flexibility index (Phi) is 4.94. The molecule has 1 N–H and O–H groups in total. The van der Waals surface area contributed by atoms with Gasteiger partial charge in [-0.05, 0) is 37.1 Å². The van der Waals surface area contributed by atoms with Crippen molar-refractivity contribution in [1.29, 1.82) is 0 Å². The number of amides is 2. The van der Waals surface area contributed by atoms with E-state index in [2.05, 4.69) is 5.32 Å². The van der Waals surface area contributed by atoms with Crippen molar-refractivity contribution in [2.24, 2.45) is 5.92 Å². The van der Waals surface area contributed by atoms with Gasteiger partial charge in [0.1, 0.15) is 5.82 Å². The maximum atomic E-state index is 12.9. The van der Waals surface area contributed by atoms with E-state index in [0.29, 0.717) is 12.2 Å². The minimum absolute atomic E-state index is 0.0679. The van der Waals surface area contributed by atoms with E-state index in [9.17, 15) is 14.0 Å². The average Bonchev–Trinajstić information content (AvgIpc) is 2.87. The summed E-state index contributed by atoms with van der Waals surface area (Å²) in [6.07, 6.45) is 1.97. The molecule has 1 heterocycles. The van der Waals surface area contributed by atoms with Crippen molar-refractivity contribution in [1.82, 2.24) is 5.32 Å². The summed E-state index contributed by atoms with van der Waals surface area (Å²) < 4.78 is 12.9. The zero-order valence-electron chi connectivity index (χ0n) is 12.4. The molecule has 21 heavy (non-hydrogen) atoms. The lowest BCUT2D eigenvalue weighted by molar-refractivity contribution is -0.127. The second kappa shape index (κ2) is 6.70. The molecular weight excluding hydrogens is 271 g/mol. The van der Waals surface area contributed by atoms with E-state index < -0.39 is 0 Å². The van der Waals surface area contributed by atoms with Gasteiger partial charge in [-0.15, -0.1) is 0 Å². The van der Waals surface area contributed by atoms with E-state index in [1.807, 2.05) is 13.8 Å². The van der Waals surface area contributed by atoms with Crippen LogP contribution in [0.3, 0.4) is 0 Å². The highest BCUT2D eigenvalue weighted by atomic mass is 19.1. The van der Waals surface area contributed by atoms with E-state index >= 15 is 0 Å². The SMILES string of the molecule is CCC(CC)NC(=O)[C@H]1CC(=O)N(c2ccc(F)cc2)C1. The molecule has 1 saturated heterocycles. The third-order valence-corrected chi connectivity index (χ3v) is 3.97. The standard InChI is InChI=1S/C16H21FN2O2/c1-3-13(4-2)18-16(21)11-9-15(20)19(10-11)14-7-5-12(17)6-8-14/h5-8,11,13H,3-4,9-10H2,1-2H3,(H,18,21)/t11-/m0/s1. The lowest BCUT2D eigenvalue weighted by atomic mass is 10.1. The molecule has 0 bridgehead atoms. The van der Waals surface area contributed by atoms with E-state index in [4.69, 9.17) is 0 Å². The van der Waals surface area contributed by atoms with Gasteiger partial charge in [0, 0.05) is 24.7 Å². The van der Waals surface area contributed by atoms with Crippen LogP contribution in [-0.4, -0.2) is 24.4 Å². The molecule has 0 aliphatic carbocycles. The molecule has 0 saturated carbocycles. The first kappa shape index (κ1) is 15.5. The van der Waals surface area contributed by atoms with Crippen molar-refractivity contribution in [3.63, 3.8) is 0 Å². The molecule has 0 spiro atoms.